The zero-order valence-electron chi connectivity index (χ0n) is 12.5. The van der Waals surface area contributed by atoms with Crippen LogP contribution in [-0.4, -0.2) is 32.4 Å². The Morgan fingerprint density at radius 2 is 1.88 bits per heavy atom. The molecule has 8 heteroatoms. The number of piperazine rings is 1. The van der Waals surface area contributed by atoms with Crippen molar-refractivity contribution >= 4 is 21.6 Å². The predicted molar refractivity (Wildman–Crippen MR) is 87.3 cm³/mol. The molecule has 1 atom stereocenters. The van der Waals surface area contributed by atoms with Gasteiger partial charge in [0.25, 0.3) is 0 Å². The van der Waals surface area contributed by atoms with Gasteiger partial charge in [0.05, 0.1) is 11.1 Å². The molecule has 3 rings (SSSR count). The third-order valence-corrected chi connectivity index (χ3v) is 6.30. The largest absolute Gasteiger partial charge is 0.313 e. The first-order chi connectivity index (χ1) is 11.4. The van der Waals surface area contributed by atoms with Gasteiger partial charge in [-0.1, -0.05) is 23.7 Å². The molecule has 0 spiro atoms. The van der Waals surface area contributed by atoms with E-state index in [1.165, 1.54) is 22.5 Å². The zero-order valence-corrected chi connectivity index (χ0v) is 14.1. The first-order valence-electron chi connectivity index (χ1n) is 7.32. The van der Waals surface area contributed by atoms with Gasteiger partial charge in [-0.3, -0.25) is 0 Å². The van der Waals surface area contributed by atoms with E-state index in [1.807, 2.05) is 0 Å². The van der Waals surface area contributed by atoms with Crippen LogP contribution in [0.2, 0.25) is 5.02 Å². The van der Waals surface area contributed by atoms with Gasteiger partial charge in [0.15, 0.2) is 0 Å². The van der Waals surface area contributed by atoms with Crippen molar-refractivity contribution in [2.75, 3.05) is 19.6 Å². The van der Waals surface area contributed by atoms with Crippen LogP contribution in [0, 0.1) is 11.6 Å². The molecular weight excluding hydrogens is 358 g/mol. The summed E-state index contributed by atoms with van der Waals surface area (Å²) in [5, 5.41) is 2.93. The molecule has 0 aromatic heterocycles. The molecule has 1 N–H and O–H groups in total. The van der Waals surface area contributed by atoms with Crippen molar-refractivity contribution in [3.8, 4) is 0 Å². The van der Waals surface area contributed by atoms with Crippen molar-refractivity contribution in [2.45, 2.75) is 10.9 Å². The molecule has 1 unspecified atom stereocenters. The minimum absolute atomic E-state index is 0.158. The van der Waals surface area contributed by atoms with Crippen molar-refractivity contribution in [3.63, 3.8) is 0 Å². The van der Waals surface area contributed by atoms with E-state index in [1.54, 1.807) is 6.07 Å². The lowest BCUT2D eigenvalue weighted by molar-refractivity contribution is 0.271. The number of hydrogen-bond donors (Lipinski definition) is 1. The van der Waals surface area contributed by atoms with E-state index in [0.717, 1.165) is 18.2 Å². The second-order valence-corrected chi connectivity index (χ2v) is 7.73. The molecule has 1 aliphatic rings. The monoisotopic (exact) mass is 372 g/mol. The molecule has 128 valence electrons. The van der Waals surface area contributed by atoms with Gasteiger partial charge in [-0.15, -0.1) is 0 Å². The highest BCUT2D eigenvalue weighted by Crippen LogP contribution is 2.32. The lowest BCUT2D eigenvalue weighted by atomic mass is 10.1. The van der Waals surface area contributed by atoms with Crippen molar-refractivity contribution in [3.05, 3.63) is 64.7 Å². The second-order valence-electron chi connectivity index (χ2n) is 5.47. The number of nitrogens with zero attached hydrogens (tertiary/aromatic N) is 1. The van der Waals surface area contributed by atoms with Gasteiger partial charge in [0.2, 0.25) is 10.0 Å². The second kappa shape index (κ2) is 6.76. The maximum Gasteiger partial charge on any atom is 0.245 e. The Balaban J connectivity index is 2.03. The van der Waals surface area contributed by atoms with Crippen molar-refractivity contribution in [1.29, 1.82) is 0 Å². The Labute approximate surface area is 144 Å². The molecule has 0 aliphatic carbocycles. The number of benzene rings is 2. The summed E-state index contributed by atoms with van der Waals surface area (Å²) < 4.78 is 54.0. The third-order valence-electron chi connectivity index (χ3n) is 3.91. The van der Waals surface area contributed by atoms with Gasteiger partial charge in [0, 0.05) is 19.6 Å². The fraction of sp³-hybridized carbons (Fsp3) is 0.250. The molecule has 4 nitrogen and oxygen atoms in total. The summed E-state index contributed by atoms with van der Waals surface area (Å²) in [4.78, 5) is -0.158. The fourth-order valence-corrected chi connectivity index (χ4v) is 4.90. The molecule has 0 saturated carbocycles. The van der Waals surface area contributed by atoms with Crippen LogP contribution in [0.25, 0.3) is 0 Å². The molecule has 24 heavy (non-hydrogen) atoms. The minimum atomic E-state index is -3.95. The molecule has 1 saturated heterocycles. The summed E-state index contributed by atoms with van der Waals surface area (Å²) in [6.45, 7) is 1.02. The topological polar surface area (TPSA) is 49.4 Å². The fourth-order valence-electron chi connectivity index (χ4n) is 2.78. The number of hydrogen-bond acceptors (Lipinski definition) is 3. The number of nitrogens with one attached hydrogen (secondary N) is 1. The summed E-state index contributed by atoms with van der Waals surface area (Å²) in [6, 6.07) is 8.43. The van der Waals surface area contributed by atoms with E-state index in [9.17, 15) is 17.2 Å². The van der Waals surface area contributed by atoms with E-state index in [0.29, 0.717) is 18.7 Å². The molecule has 0 radical (unpaired) electrons. The molecule has 2 aromatic carbocycles. The zero-order chi connectivity index (χ0) is 17.3. The van der Waals surface area contributed by atoms with Gasteiger partial charge in [-0.2, -0.15) is 4.31 Å². The minimum Gasteiger partial charge on any atom is -0.313 e. The van der Waals surface area contributed by atoms with E-state index >= 15 is 0 Å². The van der Waals surface area contributed by atoms with E-state index in [2.05, 4.69) is 5.32 Å². The molecular formula is C16H15ClF2N2O2S. The Kier molecular flexibility index (Phi) is 4.87. The summed E-state index contributed by atoms with van der Waals surface area (Å²) in [5.74, 6) is -1.05. The number of sulfonamides is 1. The summed E-state index contributed by atoms with van der Waals surface area (Å²) in [5.41, 5.74) is 0.545. The van der Waals surface area contributed by atoms with Crippen LogP contribution in [0.5, 0.6) is 0 Å². The Morgan fingerprint density at radius 1 is 1.12 bits per heavy atom. The molecule has 2 aromatic rings. The van der Waals surface area contributed by atoms with Crippen LogP contribution < -0.4 is 5.32 Å². The maximum absolute atomic E-state index is 13.5. The SMILES string of the molecule is O=S(=O)(c1ccc(F)cc1Cl)N1CCNCC1c1cccc(F)c1. The van der Waals surface area contributed by atoms with Gasteiger partial charge in [0.1, 0.15) is 16.5 Å². The van der Waals surface area contributed by atoms with Crippen LogP contribution in [-0.2, 0) is 10.0 Å². The standard InChI is InChI=1S/C16H15ClF2N2O2S/c17-14-9-13(19)4-5-16(14)24(22,23)21-7-6-20-10-15(21)11-2-1-3-12(18)8-11/h1-5,8-9,15,20H,6-7,10H2. The predicted octanol–water partition coefficient (Wildman–Crippen LogP) is 2.95. The molecule has 1 aliphatic heterocycles. The van der Waals surface area contributed by atoms with Crippen molar-refractivity contribution in [2.24, 2.45) is 0 Å². The van der Waals surface area contributed by atoms with Gasteiger partial charge in [-0.05, 0) is 35.9 Å². The normalized spacial score (nSPS) is 19.4. The molecule has 0 bridgehead atoms. The Morgan fingerprint density at radius 3 is 2.58 bits per heavy atom. The van der Waals surface area contributed by atoms with Crippen LogP contribution >= 0.6 is 11.6 Å². The third kappa shape index (κ3) is 3.30. The molecule has 1 heterocycles. The van der Waals surface area contributed by atoms with Crippen LogP contribution in [0.1, 0.15) is 11.6 Å². The van der Waals surface area contributed by atoms with E-state index in [4.69, 9.17) is 11.6 Å². The highest BCUT2D eigenvalue weighted by atomic mass is 35.5. The Bertz CT molecular complexity index is 861. The average Bonchev–Trinajstić information content (AvgIpc) is 2.54. The van der Waals surface area contributed by atoms with Crippen molar-refractivity contribution < 1.29 is 17.2 Å². The first kappa shape index (κ1) is 17.3. The smallest absolute Gasteiger partial charge is 0.245 e. The molecule has 0 amide bonds. The Hall–Kier alpha value is -1.54. The lowest BCUT2D eigenvalue weighted by Gasteiger charge is -2.35. The maximum atomic E-state index is 13.5. The average molecular weight is 373 g/mol. The van der Waals surface area contributed by atoms with E-state index < -0.39 is 27.7 Å². The number of halogens is 3. The lowest BCUT2D eigenvalue weighted by Crippen LogP contribution is -2.48. The first-order valence-corrected chi connectivity index (χ1v) is 9.14. The summed E-state index contributed by atoms with van der Waals surface area (Å²) in [7, 11) is -3.95. The van der Waals surface area contributed by atoms with Crippen LogP contribution in [0.3, 0.4) is 0 Å². The van der Waals surface area contributed by atoms with Gasteiger partial charge >= 0.3 is 0 Å². The van der Waals surface area contributed by atoms with Crippen LogP contribution in [0.15, 0.2) is 47.4 Å². The van der Waals surface area contributed by atoms with Crippen LogP contribution in [0.4, 0.5) is 8.78 Å². The summed E-state index contributed by atoms with van der Waals surface area (Å²) in [6.07, 6.45) is 0. The number of rotatable bonds is 3. The molecule has 1 fully saturated rings. The van der Waals surface area contributed by atoms with Crippen molar-refractivity contribution in [1.82, 2.24) is 9.62 Å². The summed E-state index contributed by atoms with van der Waals surface area (Å²) >= 11 is 5.93. The van der Waals surface area contributed by atoms with E-state index in [-0.39, 0.29) is 16.5 Å². The van der Waals surface area contributed by atoms with Gasteiger partial charge < -0.3 is 5.32 Å². The van der Waals surface area contributed by atoms with Gasteiger partial charge in [-0.25, -0.2) is 17.2 Å². The highest BCUT2D eigenvalue weighted by molar-refractivity contribution is 7.89. The highest BCUT2D eigenvalue weighted by Gasteiger charge is 2.35. The quantitative estimate of drug-likeness (QED) is 0.901.